The summed E-state index contributed by atoms with van der Waals surface area (Å²) in [7, 11) is 0. The van der Waals surface area contributed by atoms with E-state index in [0.717, 1.165) is 39.5 Å². The van der Waals surface area contributed by atoms with Crippen LogP contribution in [0.15, 0.2) is 18.2 Å². The van der Waals surface area contributed by atoms with E-state index in [0.29, 0.717) is 6.54 Å². The Labute approximate surface area is 122 Å². The maximum absolute atomic E-state index is 5.88. The molecule has 1 aromatic carbocycles. The van der Waals surface area contributed by atoms with Gasteiger partial charge in [-0.3, -0.25) is 0 Å². The fraction of sp³-hybridized carbons (Fsp3) is 0.625. The number of nitrogens with two attached hydrogens (primary N) is 1. The molecule has 0 heterocycles. The first kappa shape index (κ1) is 17.0. The van der Waals surface area contributed by atoms with Crippen LogP contribution >= 0.6 is 0 Å². The molecule has 4 nitrogen and oxygen atoms in total. The monoisotopic (exact) mass is 280 g/mol. The zero-order chi connectivity index (χ0) is 14.8. The van der Waals surface area contributed by atoms with Crippen molar-refractivity contribution in [1.29, 1.82) is 0 Å². The standard InChI is InChI=1S/C16H28N2O2/c1-4-19-10-8-18(9-11-20-5-2)16-7-6-14(3)12-15(16)13-17/h6-7,12H,4-5,8-11,13,17H2,1-3H3. The highest BCUT2D eigenvalue weighted by Gasteiger charge is 2.10. The molecule has 114 valence electrons. The second-order valence-electron chi connectivity index (χ2n) is 4.72. The van der Waals surface area contributed by atoms with E-state index < -0.39 is 0 Å². The zero-order valence-electron chi connectivity index (χ0n) is 13.0. The Kier molecular flexibility index (Phi) is 8.26. The average molecular weight is 280 g/mol. The summed E-state index contributed by atoms with van der Waals surface area (Å²) in [5, 5.41) is 0. The molecule has 0 aromatic heterocycles. The molecule has 0 radical (unpaired) electrons. The van der Waals surface area contributed by atoms with Crippen LogP contribution in [0, 0.1) is 6.92 Å². The van der Waals surface area contributed by atoms with Crippen LogP contribution in [0.3, 0.4) is 0 Å². The Balaban J connectivity index is 2.78. The SMILES string of the molecule is CCOCCN(CCOCC)c1ccc(C)cc1CN. The van der Waals surface area contributed by atoms with Gasteiger partial charge < -0.3 is 20.1 Å². The van der Waals surface area contributed by atoms with Gasteiger partial charge >= 0.3 is 0 Å². The van der Waals surface area contributed by atoms with Crippen molar-refractivity contribution in [1.82, 2.24) is 0 Å². The molecule has 0 amide bonds. The number of aryl methyl sites for hydroxylation is 1. The van der Waals surface area contributed by atoms with Gasteiger partial charge in [0, 0.05) is 38.5 Å². The number of nitrogens with zero attached hydrogens (tertiary/aromatic N) is 1. The molecule has 20 heavy (non-hydrogen) atoms. The molecule has 0 bridgehead atoms. The van der Waals surface area contributed by atoms with Crippen molar-refractivity contribution < 1.29 is 9.47 Å². The Bertz CT molecular complexity index is 373. The van der Waals surface area contributed by atoms with Gasteiger partial charge in [0.1, 0.15) is 0 Å². The second kappa shape index (κ2) is 9.75. The van der Waals surface area contributed by atoms with Gasteiger partial charge in [-0.15, -0.1) is 0 Å². The largest absolute Gasteiger partial charge is 0.380 e. The van der Waals surface area contributed by atoms with Crippen molar-refractivity contribution in [2.24, 2.45) is 5.73 Å². The van der Waals surface area contributed by atoms with Gasteiger partial charge in [0.25, 0.3) is 0 Å². The maximum atomic E-state index is 5.88. The lowest BCUT2D eigenvalue weighted by atomic mass is 10.1. The third-order valence-corrected chi connectivity index (χ3v) is 3.21. The number of hydrogen-bond acceptors (Lipinski definition) is 4. The summed E-state index contributed by atoms with van der Waals surface area (Å²) < 4.78 is 11.0. The van der Waals surface area contributed by atoms with Crippen LogP contribution in [-0.4, -0.2) is 39.5 Å². The van der Waals surface area contributed by atoms with Crippen LogP contribution in [0.2, 0.25) is 0 Å². The van der Waals surface area contributed by atoms with E-state index in [1.54, 1.807) is 0 Å². The van der Waals surface area contributed by atoms with E-state index in [1.807, 2.05) is 13.8 Å². The van der Waals surface area contributed by atoms with Gasteiger partial charge in [-0.1, -0.05) is 17.7 Å². The molecule has 0 saturated carbocycles. The lowest BCUT2D eigenvalue weighted by molar-refractivity contribution is 0.141. The van der Waals surface area contributed by atoms with Crippen LogP contribution in [0.25, 0.3) is 0 Å². The zero-order valence-corrected chi connectivity index (χ0v) is 13.0. The summed E-state index contributed by atoms with van der Waals surface area (Å²) in [5.41, 5.74) is 9.49. The molecule has 0 aliphatic rings. The molecule has 0 aliphatic carbocycles. The van der Waals surface area contributed by atoms with Crippen molar-refractivity contribution in [3.63, 3.8) is 0 Å². The third-order valence-electron chi connectivity index (χ3n) is 3.21. The summed E-state index contributed by atoms with van der Waals surface area (Å²) in [5.74, 6) is 0. The van der Waals surface area contributed by atoms with Crippen molar-refractivity contribution >= 4 is 5.69 Å². The van der Waals surface area contributed by atoms with Crippen molar-refractivity contribution in [3.05, 3.63) is 29.3 Å². The minimum atomic E-state index is 0.552. The van der Waals surface area contributed by atoms with E-state index in [-0.39, 0.29) is 0 Å². The Morgan fingerprint density at radius 2 is 1.65 bits per heavy atom. The number of ether oxygens (including phenoxy) is 2. The van der Waals surface area contributed by atoms with Crippen LogP contribution < -0.4 is 10.6 Å². The van der Waals surface area contributed by atoms with Gasteiger partial charge in [0.15, 0.2) is 0 Å². The van der Waals surface area contributed by atoms with Gasteiger partial charge in [0.05, 0.1) is 13.2 Å². The molecule has 0 atom stereocenters. The van der Waals surface area contributed by atoms with E-state index in [1.165, 1.54) is 16.8 Å². The van der Waals surface area contributed by atoms with Crippen LogP contribution in [0.5, 0.6) is 0 Å². The molecular weight excluding hydrogens is 252 g/mol. The van der Waals surface area contributed by atoms with Gasteiger partial charge in [0.2, 0.25) is 0 Å². The molecule has 0 aliphatic heterocycles. The first-order valence-electron chi connectivity index (χ1n) is 7.42. The summed E-state index contributed by atoms with van der Waals surface area (Å²) in [6.45, 7) is 11.3. The summed E-state index contributed by atoms with van der Waals surface area (Å²) in [6, 6.07) is 6.43. The first-order chi connectivity index (χ1) is 9.72. The number of benzene rings is 1. The fourth-order valence-electron chi connectivity index (χ4n) is 2.18. The lowest BCUT2D eigenvalue weighted by Gasteiger charge is -2.27. The number of anilines is 1. The molecular formula is C16H28N2O2. The van der Waals surface area contributed by atoms with Crippen LogP contribution in [0.1, 0.15) is 25.0 Å². The van der Waals surface area contributed by atoms with Crippen molar-refractivity contribution in [2.75, 3.05) is 44.4 Å². The Hall–Kier alpha value is -1.10. The average Bonchev–Trinajstić information content (AvgIpc) is 2.46. The highest BCUT2D eigenvalue weighted by molar-refractivity contribution is 5.55. The predicted octanol–water partition coefficient (Wildman–Crippen LogP) is 2.33. The Morgan fingerprint density at radius 1 is 1.05 bits per heavy atom. The molecule has 0 fully saturated rings. The molecule has 0 saturated heterocycles. The molecule has 0 spiro atoms. The van der Waals surface area contributed by atoms with Crippen molar-refractivity contribution in [2.45, 2.75) is 27.3 Å². The topological polar surface area (TPSA) is 47.7 Å². The maximum Gasteiger partial charge on any atom is 0.0641 e. The molecule has 4 heteroatoms. The summed E-state index contributed by atoms with van der Waals surface area (Å²) in [4.78, 5) is 2.30. The highest BCUT2D eigenvalue weighted by Crippen LogP contribution is 2.21. The Morgan fingerprint density at radius 3 is 2.15 bits per heavy atom. The number of rotatable bonds is 10. The third kappa shape index (κ3) is 5.49. The fourth-order valence-corrected chi connectivity index (χ4v) is 2.18. The van der Waals surface area contributed by atoms with Gasteiger partial charge in [-0.25, -0.2) is 0 Å². The van der Waals surface area contributed by atoms with E-state index in [2.05, 4.69) is 30.0 Å². The number of hydrogen-bond donors (Lipinski definition) is 1. The molecule has 1 rings (SSSR count). The van der Waals surface area contributed by atoms with Crippen LogP contribution in [-0.2, 0) is 16.0 Å². The van der Waals surface area contributed by atoms with Crippen molar-refractivity contribution in [3.8, 4) is 0 Å². The predicted molar refractivity (Wildman–Crippen MR) is 84.3 cm³/mol. The molecule has 0 unspecified atom stereocenters. The molecule has 1 aromatic rings. The summed E-state index contributed by atoms with van der Waals surface area (Å²) in [6.07, 6.45) is 0. The second-order valence-corrected chi connectivity index (χ2v) is 4.72. The van der Waals surface area contributed by atoms with E-state index >= 15 is 0 Å². The highest BCUT2D eigenvalue weighted by atomic mass is 16.5. The smallest absolute Gasteiger partial charge is 0.0641 e. The molecule has 2 N–H and O–H groups in total. The minimum absolute atomic E-state index is 0.552. The quantitative estimate of drug-likeness (QED) is 0.668. The van der Waals surface area contributed by atoms with Gasteiger partial charge in [-0.2, -0.15) is 0 Å². The van der Waals surface area contributed by atoms with Crippen LogP contribution in [0.4, 0.5) is 5.69 Å². The lowest BCUT2D eigenvalue weighted by Crippen LogP contribution is -2.32. The van der Waals surface area contributed by atoms with Gasteiger partial charge in [-0.05, 0) is 32.4 Å². The normalized spacial score (nSPS) is 10.8. The van der Waals surface area contributed by atoms with E-state index in [4.69, 9.17) is 15.2 Å². The van der Waals surface area contributed by atoms with E-state index in [9.17, 15) is 0 Å². The minimum Gasteiger partial charge on any atom is -0.380 e. The summed E-state index contributed by atoms with van der Waals surface area (Å²) >= 11 is 0. The first-order valence-corrected chi connectivity index (χ1v) is 7.42.